The summed E-state index contributed by atoms with van der Waals surface area (Å²) in [6, 6.07) is 0. The van der Waals surface area contributed by atoms with Gasteiger partial charge in [0.25, 0.3) is 0 Å². The molecule has 1 N–H and O–H groups in total. The molecule has 0 spiro atoms. The molecule has 3 aliphatic rings. The Morgan fingerprint density at radius 2 is 2.10 bits per heavy atom. The zero-order chi connectivity index (χ0) is 20.9. The van der Waals surface area contributed by atoms with Crippen molar-refractivity contribution in [3.8, 4) is 11.8 Å². The summed E-state index contributed by atoms with van der Waals surface area (Å²) in [5, 5.41) is 11.4. The number of carboxylic acid groups (broad SMARTS) is 1. The van der Waals surface area contributed by atoms with E-state index in [1.165, 1.54) is 48.6 Å². The molecule has 2 unspecified atom stereocenters. The average molecular weight is 418 g/mol. The Morgan fingerprint density at radius 1 is 1.34 bits per heavy atom. The van der Waals surface area contributed by atoms with E-state index in [0.29, 0.717) is 19.1 Å². The smallest absolute Gasteiger partial charge is 0.319 e. The van der Waals surface area contributed by atoms with Crippen molar-refractivity contribution in [1.82, 2.24) is 4.90 Å². The summed E-state index contributed by atoms with van der Waals surface area (Å²) in [6.07, 6.45) is 7.95. The van der Waals surface area contributed by atoms with Crippen molar-refractivity contribution >= 4 is 17.7 Å². The van der Waals surface area contributed by atoms with E-state index < -0.39 is 16.6 Å². The quantitative estimate of drug-likeness (QED) is 0.390. The molecule has 0 aromatic heterocycles. The predicted octanol–water partition coefficient (Wildman–Crippen LogP) is 4.57. The number of carboxylic acids is 1. The van der Waals surface area contributed by atoms with Gasteiger partial charge in [0.05, 0.1) is 5.41 Å². The van der Waals surface area contributed by atoms with Crippen LogP contribution in [0.25, 0.3) is 0 Å². The van der Waals surface area contributed by atoms with E-state index in [0.717, 1.165) is 32.0 Å². The molecule has 3 rings (SSSR count). The Balaban J connectivity index is 2.05. The molecule has 0 radical (unpaired) electrons. The first kappa shape index (κ1) is 22.5. The van der Waals surface area contributed by atoms with Gasteiger partial charge in [-0.25, -0.2) is 0 Å². The Morgan fingerprint density at radius 3 is 2.76 bits per heavy atom. The average Bonchev–Trinajstić information content (AvgIpc) is 3.16. The van der Waals surface area contributed by atoms with Crippen molar-refractivity contribution in [3.63, 3.8) is 0 Å². The molecule has 0 aromatic carbocycles. The third-order valence-corrected chi connectivity index (χ3v) is 7.91. The third-order valence-electron chi connectivity index (χ3n) is 6.77. The van der Waals surface area contributed by atoms with Gasteiger partial charge < -0.3 is 9.84 Å². The van der Waals surface area contributed by atoms with E-state index in [-0.39, 0.29) is 0 Å². The molecule has 0 aromatic rings. The summed E-state index contributed by atoms with van der Waals surface area (Å²) in [5.41, 5.74) is 2.07. The van der Waals surface area contributed by atoms with Crippen LogP contribution in [0.3, 0.4) is 0 Å². The molecular formula is C24H35NO3S. The van der Waals surface area contributed by atoms with E-state index in [1.54, 1.807) is 0 Å². The standard InChI is InChI=1S/C24H35NO3S/c1-4-25-14-11-21(20(17-25)19-9-7-18(3)8-10-19)24(12-6-15-28-5-2)13-16-29-22(24)23(26)27/h13,16,18-19,22H,4-5,7-11,14-15,17H2,1-3H3,(H,26,27). The van der Waals surface area contributed by atoms with Crippen molar-refractivity contribution in [3.05, 3.63) is 22.6 Å². The SMILES string of the molecule is CCOCC#CC1(C2=C(C3CCC(C)CC3)CN(CC)CC2)C=CSC1C(=O)O. The number of thioether (sulfide) groups is 1. The fourth-order valence-electron chi connectivity index (χ4n) is 5.02. The summed E-state index contributed by atoms with van der Waals surface area (Å²) in [5.74, 6) is 7.16. The molecule has 0 saturated heterocycles. The second-order valence-electron chi connectivity index (χ2n) is 8.54. The van der Waals surface area contributed by atoms with Crippen LogP contribution < -0.4 is 0 Å². The monoisotopic (exact) mass is 417 g/mol. The molecular weight excluding hydrogens is 382 g/mol. The van der Waals surface area contributed by atoms with Crippen molar-refractivity contribution in [1.29, 1.82) is 0 Å². The number of carbonyl (C=O) groups is 1. The second-order valence-corrected chi connectivity index (χ2v) is 9.56. The molecule has 1 saturated carbocycles. The first-order valence-corrected chi connectivity index (χ1v) is 12.0. The minimum absolute atomic E-state index is 0.355. The first-order chi connectivity index (χ1) is 14.0. The van der Waals surface area contributed by atoms with Crippen LogP contribution in [-0.2, 0) is 9.53 Å². The lowest BCUT2D eigenvalue weighted by molar-refractivity contribution is -0.137. The number of allylic oxidation sites excluding steroid dienone is 1. The summed E-state index contributed by atoms with van der Waals surface area (Å²) < 4.78 is 5.43. The van der Waals surface area contributed by atoms with Crippen LogP contribution in [0.2, 0.25) is 0 Å². The molecule has 2 aliphatic heterocycles. The zero-order valence-corrected chi connectivity index (χ0v) is 18.9. The number of aliphatic carboxylic acids is 1. The van der Waals surface area contributed by atoms with Gasteiger partial charge in [0.15, 0.2) is 0 Å². The molecule has 2 atom stereocenters. The first-order valence-electron chi connectivity index (χ1n) is 11.1. The fraction of sp³-hybridized carbons (Fsp3) is 0.708. The number of rotatable bonds is 6. The lowest BCUT2D eigenvalue weighted by atomic mass is 9.68. The van der Waals surface area contributed by atoms with Crippen molar-refractivity contribution < 1.29 is 14.6 Å². The van der Waals surface area contributed by atoms with Gasteiger partial charge in [-0.3, -0.25) is 9.69 Å². The van der Waals surface area contributed by atoms with Crippen LogP contribution in [0.4, 0.5) is 0 Å². The highest BCUT2D eigenvalue weighted by molar-refractivity contribution is 8.03. The van der Waals surface area contributed by atoms with Crippen molar-refractivity contribution in [2.75, 3.05) is 32.8 Å². The van der Waals surface area contributed by atoms with Gasteiger partial charge in [0, 0.05) is 19.7 Å². The summed E-state index contributed by atoms with van der Waals surface area (Å²) in [4.78, 5) is 14.7. The van der Waals surface area contributed by atoms with E-state index >= 15 is 0 Å². The number of hydrogen-bond donors (Lipinski definition) is 1. The van der Waals surface area contributed by atoms with Crippen LogP contribution in [0, 0.1) is 29.1 Å². The molecule has 1 aliphatic carbocycles. The van der Waals surface area contributed by atoms with Gasteiger partial charge in [-0.15, -0.1) is 11.8 Å². The maximum Gasteiger partial charge on any atom is 0.319 e. The molecule has 0 amide bonds. The van der Waals surface area contributed by atoms with Crippen LogP contribution in [0.15, 0.2) is 22.6 Å². The highest BCUT2D eigenvalue weighted by Crippen LogP contribution is 2.51. The lowest BCUT2D eigenvalue weighted by Crippen LogP contribution is -2.42. The summed E-state index contributed by atoms with van der Waals surface area (Å²) >= 11 is 1.40. The van der Waals surface area contributed by atoms with Gasteiger partial charge in [-0.1, -0.05) is 50.2 Å². The normalized spacial score (nSPS) is 32.9. The maximum atomic E-state index is 12.2. The number of hydrogen-bond acceptors (Lipinski definition) is 4. The minimum atomic E-state index is -0.771. The number of likely N-dealkylation sites (N-methyl/N-ethyl adjacent to an activating group) is 1. The van der Waals surface area contributed by atoms with Gasteiger partial charge in [0.1, 0.15) is 11.9 Å². The van der Waals surface area contributed by atoms with Crippen molar-refractivity contribution in [2.45, 2.75) is 58.1 Å². The fourth-order valence-corrected chi connectivity index (χ4v) is 6.08. The molecule has 29 heavy (non-hydrogen) atoms. The van der Waals surface area contributed by atoms with Crippen molar-refractivity contribution in [2.24, 2.45) is 17.3 Å². The lowest BCUT2D eigenvalue weighted by Gasteiger charge is -2.41. The second kappa shape index (κ2) is 10.2. The van der Waals surface area contributed by atoms with Crippen LogP contribution in [0.1, 0.15) is 52.9 Å². The third kappa shape index (κ3) is 4.93. The zero-order valence-electron chi connectivity index (χ0n) is 18.1. The van der Waals surface area contributed by atoms with Crippen LogP contribution in [-0.4, -0.2) is 54.1 Å². The number of ether oxygens (including phenoxy) is 1. The van der Waals surface area contributed by atoms with Gasteiger partial charge in [0.2, 0.25) is 0 Å². The van der Waals surface area contributed by atoms with E-state index in [2.05, 4.69) is 36.7 Å². The minimum Gasteiger partial charge on any atom is -0.480 e. The molecule has 4 nitrogen and oxygen atoms in total. The Bertz CT molecular complexity index is 711. The highest BCUT2D eigenvalue weighted by atomic mass is 32.2. The predicted molar refractivity (Wildman–Crippen MR) is 120 cm³/mol. The van der Waals surface area contributed by atoms with Crippen LogP contribution >= 0.6 is 11.8 Å². The topological polar surface area (TPSA) is 49.8 Å². The molecule has 1 fully saturated rings. The van der Waals surface area contributed by atoms with Gasteiger partial charge in [-0.2, -0.15) is 0 Å². The Kier molecular flexibility index (Phi) is 7.90. The highest BCUT2D eigenvalue weighted by Gasteiger charge is 2.48. The Hall–Kier alpha value is -1.22. The van der Waals surface area contributed by atoms with E-state index in [4.69, 9.17) is 4.74 Å². The maximum absolute atomic E-state index is 12.2. The molecule has 0 bridgehead atoms. The molecule has 2 heterocycles. The Labute approximate surface area is 180 Å². The largest absolute Gasteiger partial charge is 0.480 e. The molecule has 160 valence electrons. The van der Waals surface area contributed by atoms with E-state index in [1.807, 2.05) is 12.3 Å². The van der Waals surface area contributed by atoms with Gasteiger partial charge in [-0.05, 0) is 55.5 Å². The van der Waals surface area contributed by atoms with E-state index in [9.17, 15) is 9.90 Å². The molecule has 5 heteroatoms. The summed E-state index contributed by atoms with van der Waals surface area (Å²) in [7, 11) is 0. The number of nitrogens with zero attached hydrogens (tertiary/aromatic N) is 1. The van der Waals surface area contributed by atoms with Crippen LogP contribution in [0.5, 0.6) is 0 Å². The van der Waals surface area contributed by atoms with Gasteiger partial charge >= 0.3 is 5.97 Å². The summed E-state index contributed by atoms with van der Waals surface area (Å²) in [6.45, 7) is 10.5.